The number of phenolic OH excluding ortho intramolecular Hbond substituents is 1. The van der Waals surface area contributed by atoms with Gasteiger partial charge in [0.25, 0.3) is 0 Å². The van der Waals surface area contributed by atoms with Crippen LogP contribution in [0.1, 0.15) is 39.7 Å². The quantitative estimate of drug-likeness (QED) is 0.874. The Balaban J connectivity index is 1.80. The van der Waals surface area contributed by atoms with Crippen LogP contribution in [0.2, 0.25) is 0 Å². The fraction of sp³-hybridized carbons (Fsp3) is 0.562. The van der Waals surface area contributed by atoms with Crippen molar-refractivity contribution in [1.29, 1.82) is 0 Å². The van der Waals surface area contributed by atoms with Crippen LogP contribution < -0.4 is 0 Å². The topological polar surface area (TPSA) is 80.5 Å². The predicted molar refractivity (Wildman–Crippen MR) is 85.3 cm³/mol. The molecule has 3 rings (SSSR count). The molecule has 1 aromatic carbocycles. The minimum absolute atomic E-state index is 0.0306. The van der Waals surface area contributed by atoms with Gasteiger partial charge in [-0.3, -0.25) is 0 Å². The van der Waals surface area contributed by atoms with Gasteiger partial charge in [-0.05, 0) is 45.7 Å². The molecule has 23 heavy (non-hydrogen) atoms. The molecule has 7 heteroatoms. The van der Waals surface area contributed by atoms with E-state index < -0.39 is 5.60 Å². The van der Waals surface area contributed by atoms with E-state index in [4.69, 9.17) is 4.74 Å². The largest absolute Gasteiger partial charge is 0.506 e. The average molecular weight is 318 g/mol. The van der Waals surface area contributed by atoms with Gasteiger partial charge in [-0.1, -0.05) is 11.3 Å². The number of carbonyl (C=O) groups excluding carboxylic acids is 1. The van der Waals surface area contributed by atoms with Gasteiger partial charge in [0.05, 0.1) is 11.6 Å². The molecule has 7 nitrogen and oxygen atoms in total. The molecule has 1 saturated heterocycles. The van der Waals surface area contributed by atoms with E-state index in [-0.39, 0.29) is 17.9 Å². The number of piperidine rings is 1. The first-order valence-electron chi connectivity index (χ1n) is 7.86. The summed E-state index contributed by atoms with van der Waals surface area (Å²) >= 11 is 0. The monoisotopic (exact) mass is 318 g/mol. The van der Waals surface area contributed by atoms with Crippen molar-refractivity contribution < 1.29 is 14.6 Å². The molecule has 0 bridgehead atoms. The van der Waals surface area contributed by atoms with Crippen molar-refractivity contribution in [1.82, 2.24) is 19.9 Å². The first kappa shape index (κ1) is 15.6. The number of nitrogens with zero attached hydrogens (tertiary/aromatic N) is 4. The van der Waals surface area contributed by atoms with Crippen LogP contribution in [-0.2, 0) is 4.74 Å². The van der Waals surface area contributed by atoms with E-state index in [2.05, 4.69) is 10.3 Å². The van der Waals surface area contributed by atoms with Gasteiger partial charge in [-0.2, -0.15) is 0 Å². The Morgan fingerprint density at radius 3 is 2.91 bits per heavy atom. The fourth-order valence-electron chi connectivity index (χ4n) is 2.86. The van der Waals surface area contributed by atoms with Crippen molar-refractivity contribution in [3.63, 3.8) is 0 Å². The van der Waals surface area contributed by atoms with Crippen LogP contribution in [0.5, 0.6) is 5.75 Å². The molecule has 1 aliphatic rings. The van der Waals surface area contributed by atoms with Crippen molar-refractivity contribution >= 4 is 17.1 Å². The van der Waals surface area contributed by atoms with Gasteiger partial charge in [0.15, 0.2) is 5.52 Å². The SMILES string of the molecule is CC(C)(C)OC(=O)N1CCCC(n2nnc3c(O)cccc32)C1. The standard InChI is InChI=1S/C16H22N4O3/c1-16(2,3)23-15(22)19-9-5-6-11(10-19)20-12-7-4-8-13(21)14(12)17-18-20/h4,7-8,11,21H,5-6,9-10H2,1-3H3. The van der Waals surface area contributed by atoms with Gasteiger partial charge in [0, 0.05) is 13.1 Å². The molecule has 1 N–H and O–H groups in total. The second-order valence-corrected chi connectivity index (χ2v) is 6.90. The Kier molecular flexibility index (Phi) is 3.87. The molecule has 1 fully saturated rings. The molecule has 2 heterocycles. The number of carbonyl (C=O) groups is 1. The third-order valence-corrected chi connectivity index (χ3v) is 3.88. The summed E-state index contributed by atoms with van der Waals surface area (Å²) < 4.78 is 7.25. The van der Waals surface area contributed by atoms with Gasteiger partial charge >= 0.3 is 6.09 Å². The summed E-state index contributed by atoms with van der Waals surface area (Å²) in [5, 5.41) is 18.1. The number of benzene rings is 1. The Labute approximate surface area is 134 Å². The zero-order valence-electron chi connectivity index (χ0n) is 13.7. The predicted octanol–water partition coefficient (Wildman–Crippen LogP) is 2.71. The number of likely N-dealkylation sites (tertiary alicyclic amines) is 1. The molecule has 0 aliphatic carbocycles. The van der Waals surface area contributed by atoms with Gasteiger partial charge in [-0.15, -0.1) is 5.10 Å². The lowest BCUT2D eigenvalue weighted by molar-refractivity contribution is 0.0168. The van der Waals surface area contributed by atoms with Crippen LogP contribution in [0.15, 0.2) is 18.2 Å². The van der Waals surface area contributed by atoms with Crippen LogP contribution in [-0.4, -0.2) is 49.8 Å². The third-order valence-electron chi connectivity index (χ3n) is 3.88. The van der Waals surface area contributed by atoms with Gasteiger partial charge in [0.2, 0.25) is 0 Å². The Hall–Kier alpha value is -2.31. The minimum atomic E-state index is -0.504. The number of hydrogen-bond donors (Lipinski definition) is 1. The highest BCUT2D eigenvalue weighted by molar-refractivity contribution is 5.80. The maximum absolute atomic E-state index is 12.3. The first-order valence-corrected chi connectivity index (χ1v) is 7.86. The summed E-state index contributed by atoms with van der Waals surface area (Å²) in [5.41, 5.74) is 0.762. The van der Waals surface area contributed by atoms with Crippen LogP contribution in [0.3, 0.4) is 0 Å². The van der Waals surface area contributed by atoms with E-state index in [1.807, 2.05) is 26.8 Å². The number of aromatic hydroxyl groups is 1. The maximum atomic E-state index is 12.3. The molecule has 1 aliphatic heterocycles. The number of ether oxygens (including phenoxy) is 1. The molecule has 1 atom stereocenters. The van der Waals surface area contributed by atoms with Crippen molar-refractivity contribution in [2.24, 2.45) is 0 Å². The Bertz CT molecular complexity index is 720. The molecule has 1 unspecified atom stereocenters. The van der Waals surface area contributed by atoms with E-state index in [1.165, 1.54) is 0 Å². The minimum Gasteiger partial charge on any atom is -0.506 e. The molecule has 1 aromatic heterocycles. The van der Waals surface area contributed by atoms with E-state index in [0.29, 0.717) is 18.6 Å². The molecule has 0 radical (unpaired) electrons. The van der Waals surface area contributed by atoms with Crippen LogP contribution >= 0.6 is 0 Å². The summed E-state index contributed by atoms with van der Waals surface area (Å²) in [4.78, 5) is 14.0. The fourth-order valence-corrected chi connectivity index (χ4v) is 2.86. The van der Waals surface area contributed by atoms with Crippen molar-refractivity contribution in [3.8, 4) is 5.75 Å². The van der Waals surface area contributed by atoms with Crippen molar-refractivity contribution in [2.75, 3.05) is 13.1 Å². The number of hydrogen-bond acceptors (Lipinski definition) is 5. The number of aromatic nitrogens is 3. The maximum Gasteiger partial charge on any atom is 0.410 e. The molecule has 0 saturated carbocycles. The Morgan fingerprint density at radius 2 is 2.17 bits per heavy atom. The van der Waals surface area contributed by atoms with Crippen LogP contribution in [0, 0.1) is 0 Å². The van der Waals surface area contributed by atoms with Crippen molar-refractivity contribution in [3.05, 3.63) is 18.2 Å². The second kappa shape index (κ2) is 5.72. The zero-order chi connectivity index (χ0) is 16.6. The molecule has 2 aromatic rings. The summed E-state index contributed by atoms with van der Waals surface area (Å²) in [6.45, 7) is 6.80. The normalized spacial score (nSPS) is 19.1. The van der Waals surface area contributed by atoms with Crippen LogP contribution in [0.4, 0.5) is 4.79 Å². The average Bonchev–Trinajstić information content (AvgIpc) is 2.91. The summed E-state index contributed by atoms with van der Waals surface area (Å²) in [5.74, 6) is 0.119. The Morgan fingerprint density at radius 1 is 1.39 bits per heavy atom. The number of amides is 1. The number of rotatable bonds is 1. The van der Waals surface area contributed by atoms with Gasteiger partial charge in [-0.25, -0.2) is 9.48 Å². The van der Waals surface area contributed by atoms with Gasteiger partial charge < -0.3 is 14.7 Å². The van der Waals surface area contributed by atoms with E-state index in [1.54, 1.807) is 21.7 Å². The third kappa shape index (κ3) is 3.23. The second-order valence-electron chi connectivity index (χ2n) is 6.90. The summed E-state index contributed by atoms with van der Waals surface area (Å²) in [6.07, 6.45) is 1.49. The van der Waals surface area contributed by atoms with E-state index in [0.717, 1.165) is 18.4 Å². The molecule has 124 valence electrons. The highest BCUT2D eigenvalue weighted by atomic mass is 16.6. The molecular formula is C16H22N4O3. The lowest BCUT2D eigenvalue weighted by atomic mass is 10.1. The lowest BCUT2D eigenvalue weighted by Gasteiger charge is -2.34. The first-order chi connectivity index (χ1) is 10.8. The number of fused-ring (bicyclic) bond motifs is 1. The molecular weight excluding hydrogens is 296 g/mol. The lowest BCUT2D eigenvalue weighted by Crippen LogP contribution is -2.43. The van der Waals surface area contributed by atoms with Gasteiger partial charge in [0.1, 0.15) is 11.4 Å². The smallest absolute Gasteiger partial charge is 0.410 e. The zero-order valence-corrected chi connectivity index (χ0v) is 13.7. The van der Waals surface area contributed by atoms with Crippen molar-refractivity contribution in [2.45, 2.75) is 45.3 Å². The highest BCUT2D eigenvalue weighted by Gasteiger charge is 2.29. The molecule has 0 spiro atoms. The number of phenols is 1. The van der Waals surface area contributed by atoms with E-state index in [9.17, 15) is 9.90 Å². The summed E-state index contributed by atoms with van der Waals surface area (Å²) in [7, 11) is 0. The highest BCUT2D eigenvalue weighted by Crippen LogP contribution is 2.28. The molecule has 1 amide bonds. The van der Waals surface area contributed by atoms with Crippen LogP contribution in [0.25, 0.3) is 11.0 Å². The summed E-state index contributed by atoms with van der Waals surface area (Å²) in [6, 6.07) is 5.27. The van der Waals surface area contributed by atoms with E-state index >= 15 is 0 Å².